The third kappa shape index (κ3) is 4.22. The average Bonchev–Trinajstić information content (AvgIpc) is 3.24. The first-order chi connectivity index (χ1) is 15.1. The Bertz CT molecular complexity index is 1220. The highest BCUT2D eigenvalue weighted by Crippen LogP contribution is 2.32. The molecule has 1 unspecified atom stereocenters. The number of carbonyl (C=O) groups excluding carboxylic acids is 1. The molecule has 0 aliphatic carbocycles. The van der Waals surface area contributed by atoms with Crippen LogP contribution >= 0.6 is 11.8 Å². The van der Waals surface area contributed by atoms with Crippen molar-refractivity contribution in [3.63, 3.8) is 0 Å². The number of nitrogens with one attached hydrogen (secondary N) is 2. The Morgan fingerprint density at radius 2 is 2.03 bits per heavy atom. The topological polar surface area (TPSA) is 97.6 Å². The van der Waals surface area contributed by atoms with Gasteiger partial charge in [-0.25, -0.2) is 9.97 Å². The minimum atomic E-state index is -0.118. The number of nitrogens with zero attached hydrogens (tertiary/aromatic N) is 5. The molecule has 0 fully saturated rings. The van der Waals surface area contributed by atoms with Gasteiger partial charge < -0.3 is 10.6 Å². The summed E-state index contributed by atoms with van der Waals surface area (Å²) in [7, 11) is 3.52. The molecule has 3 aromatic heterocycles. The van der Waals surface area contributed by atoms with Gasteiger partial charge in [0.1, 0.15) is 12.1 Å². The summed E-state index contributed by atoms with van der Waals surface area (Å²) in [6.45, 7) is 0.647. The fourth-order valence-corrected chi connectivity index (χ4v) is 4.22. The van der Waals surface area contributed by atoms with Crippen molar-refractivity contribution in [2.75, 3.05) is 25.2 Å². The molecular formula is C22H23N7OS. The van der Waals surface area contributed by atoms with Crippen molar-refractivity contribution in [3.05, 3.63) is 66.2 Å². The third-order valence-electron chi connectivity index (χ3n) is 5.12. The zero-order valence-electron chi connectivity index (χ0n) is 17.5. The molecule has 0 aliphatic heterocycles. The number of carbonyl (C=O) groups is 1. The van der Waals surface area contributed by atoms with Gasteiger partial charge in [-0.1, -0.05) is 18.2 Å². The molecule has 4 aromatic rings. The van der Waals surface area contributed by atoms with E-state index in [1.807, 2.05) is 31.3 Å². The molecule has 0 spiro atoms. The van der Waals surface area contributed by atoms with Crippen molar-refractivity contribution in [3.8, 4) is 11.4 Å². The lowest BCUT2D eigenvalue weighted by atomic mass is 10.0. The Labute approximate surface area is 184 Å². The first-order valence-corrected chi connectivity index (χ1v) is 11.1. The van der Waals surface area contributed by atoms with Crippen molar-refractivity contribution in [2.24, 2.45) is 7.05 Å². The zero-order chi connectivity index (χ0) is 21.8. The van der Waals surface area contributed by atoms with Gasteiger partial charge in [0.15, 0.2) is 0 Å². The second-order valence-corrected chi connectivity index (χ2v) is 7.96. The third-order valence-corrected chi connectivity index (χ3v) is 6.11. The van der Waals surface area contributed by atoms with Crippen LogP contribution in [0.15, 0.2) is 55.1 Å². The van der Waals surface area contributed by atoms with E-state index < -0.39 is 0 Å². The van der Waals surface area contributed by atoms with Gasteiger partial charge in [-0.3, -0.25) is 14.5 Å². The maximum atomic E-state index is 12.3. The Morgan fingerprint density at radius 1 is 1.16 bits per heavy atom. The molecule has 0 aliphatic rings. The van der Waals surface area contributed by atoms with Crippen molar-refractivity contribution < 1.29 is 4.79 Å². The first kappa shape index (κ1) is 20.8. The summed E-state index contributed by atoms with van der Waals surface area (Å²) in [5.41, 5.74) is 4.26. The molecule has 1 amide bonds. The number of aryl methyl sites for hydroxylation is 1. The van der Waals surface area contributed by atoms with E-state index in [2.05, 4.69) is 43.0 Å². The van der Waals surface area contributed by atoms with Gasteiger partial charge in [0, 0.05) is 49.7 Å². The molecule has 3 heterocycles. The van der Waals surface area contributed by atoms with Crippen LogP contribution in [0.2, 0.25) is 0 Å². The van der Waals surface area contributed by atoms with Crippen LogP contribution in [-0.2, 0) is 7.05 Å². The maximum absolute atomic E-state index is 12.3. The molecule has 2 N–H and O–H groups in total. The van der Waals surface area contributed by atoms with Gasteiger partial charge >= 0.3 is 0 Å². The lowest BCUT2D eigenvalue weighted by molar-refractivity contribution is 0.0964. The predicted molar refractivity (Wildman–Crippen MR) is 124 cm³/mol. The number of anilines is 1. The number of benzene rings is 1. The molecule has 0 saturated heterocycles. The number of hydrogen-bond acceptors (Lipinski definition) is 7. The molecule has 8 nitrogen and oxygen atoms in total. The van der Waals surface area contributed by atoms with Crippen LogP contribution < -0.4 is 10.6 Å². The minimum Gasteiger partial charge on any atom is -0.368 e. The highest BCUT2D eigenvalue weighted by Gasteiger charge is 2.17. The van der Waals surface area contributed by atoms with Gasteiger partial charge in [-0.15, -0.1) is 0 Å². The lowest BCUT2D eigenvalue weighted by Gasteiger charge is -2.18. The Balaban J connectivity index is 1.60. The van der Waals surface area contributed by atoms with Crippen LogP contribution in [0.3, 0.4) is 0 Å². The summed E-state index contributed by atoms with van der Waals surface area (Å²) >= 11 is 1.72. The van der Waals surface area contributed by atoms with E-state index in [0.29, 0.717) is 12.1 Å². The summed E-state index contributed by atoms with van der Waals surface area (Å²) in [5, 5.41) is 11.3. The SMILES string of the molecule is CNC(=O)c1ccnc2c(C(CNc3cc(-c4ccnn4C)ncn3)SC)cccc12. The number of hydrogen-bond donors (Lipinski definition) is 2. The van der Waals surface area contributed by atoms with Crippen molar-refractivity contribution >= 4 is 34.4 Å². The number of rotatable bonds is 7. The summed E-state index contributed by atoms with van der Waals surface area (Å²) < 4.78 is 1.78. The molecule has 4 rings (SSSR count). The normalized spacial score (nSPS) is 12.0. The summed E-state index contributed by atoms with van der Waals surface area (Å²) in [4.78, 5) is 25.6. The van der Waals surface area contributed by atoms with Crippen molar-refractivity contribution in [1.29, 1.82) is 0 Å². The van der Waals surface area contributed by atoms with Crippen molar-refractivity contribution in [2.45, 2.75) is 5.25 Å². The molecule has 31 heavy (non-hydrogen) atoms. The second-order valence-electron chi connectivity index (χ2n) is 6.91. The number of amides is 1. The van der Waals surface area contributed by atoms with E-state index in [-0.39, 0.29) is 11.2 Å². The van der Waals surface area contributed by atoms with E-state index in [1.54, 1.807) is 48.3 Å². The van der Waals surface area contributed by atoms with Gasteiger partial charge in [0.2, 0.25) is 0 Å². The van der Waals surface area contributed by atoms with E-state index in [9.17, 15) is 4.79 Å². The van der Waals surface area contributed by atoms with Gasteiger partial charge in [-0.2, -0.15) is 16.9 Å². The molecule has 0 radical (unpaired) electrons. The predicted octanol–water partition coefficient (Wildman–Crippen LogP) is 3.30. The smallest absolute Gasteiger partial charge is 0.251 e. The van der Waals surface area contributed by atoms with Crippen LogP contribution in [0.4, 0.5) is 5.82 Å². The summed E-state index contributed by atoms with van der Waals surface area (Å²) in [6.07, 6.45) is 7.05. The minimum absolute atomic E-state index is 0.117. The number of para-hydroxylation sites is 1. The molecule has 1 aromatic carbocycles. The molecule has 1 atom stereocenters. The highest BCUT2D eigenvalue weighted by molar-refractivity contribution is 7.98. The monoisotopic (exact) mass is 433 g/mol. The molecule has 158 valence electrons. The van der Waals surface area contributed by atoms with E-state index in [4.69, 9.17) is 0 Å². The summed E-state index contributed by atoms with van der Waals surface area (Å²) in [6, 6.07) is 11.6. The van der Waals surface area contributed by atoms with E-state index in [1.165, 1.54) is 0 Å². The fraction of sp³-hybridized carbons (Fsp3) is 0.227. The fourth-order valence-electron chi connectivity index (χ4n) is 3.53. The van der Waals surface area contributed by atoms with Gasteiger partial charge in [-0.05, 0) is 24.0 Å². The first-order valence-electron chi connectivity index (χ1n) is 9.79. The molecule has 0 bridgehead atoms. The quantitative estimate of drug-likeness (QED) is 0.461. The van der Waals surface area contributed by atoms with Crippen LogP contribution in [-0.4, -0.2) is 50.5 Å². The van der Waals surface area contributed by atoms with Crippen LogP contribution in [0, 0.1) is 0 Å². The number of aromatic nitrogens is 5. The summed E-state index contributed by atoms with van der Waals surface area (Å²) in [5.74, 6) is 0.622. The molecule has 9 heteroatoms. The Hall–Kier alpha value is -3.46. The van der Waals surface area contributed by atoms with E-state index >= 15 is 0 Å². The number of thioether (sulfide) groups is 1. The second kappa shape index (κ2) is 9.13. The van der Waals surface area contributed by atoms with Crippen LogP contribution in [0.25, 0.3) is 22.3 Å². The zero-order valence-corrected chi connectivity index (χ0v) is 18.3. The maximum Gasteiger partial charge on any atom is 0.251 e. The Kier molecular flexibility index (Phi) is 6.13. The van der Waals surface area contributed by atoms with E-state index in [0.717, 1.165) is 33.7 Å². The average molecular weight is 434 g/mol. The van der Waals surface area contributed by atoms with Crippen LogP contribution in [0.1, 0.15) is 21.2 Å². The van der Waals surface area contributed by atoms with Gasteiger partial charge in [0.25, 0.3) is 5.91 Å². The number of fused-ring (bicyclic) bond motifs is 1. The number of pyridine rings is 1. The molecular weight excluding hydrogens is 410 g/mol. The van der Waals surface area contributed by atoms with Crippen molar-refractivity contribution in [1.82, 2.24) is 30.0 Å². The standard InChI is InChI=1S/C22H23N7OS/c1-23-22(30)15-7-9-24-21-14(15)5-4-6-16(21)19(31-3)12-25-20-11-17(26-13-27-20)18-8-10-28-29(18)2/h4-11,13,19H,12H2,1-3H3,(H,23,30)(H,25,26,27). The van der Waals surface area contributed by atoms with Crippen LogP contribution in [0.5, 0.6) is 0 Å². The highest BCUT2D eigenvalue weighted by atomic mass is 32.2. The van der Waals surface area contributed by atoms with Gasteiger partial charge in [0.05, 0.1) is 22.5 Å². The lowest BCUT2D eigenvalue weighted by Crippen LogP contribution is -2.18. The molecule has 0 saturated carbocycles. The Morgan fingerprint density at radius 3 is 2.77 bits per heavy atom. The largest absolute Gasteiger partial charge is 0.368 e.